The van der Waals surface area contributed by atoms with Crippen LogP contribution in [0.1, 0.15) is 0 Å². The van der Waals surface area contributed by atoms with Crippen molar-refractivity contribution in [2.75, 3.05) is 18.9 Å². The third-order valence-electron chi connectivity index (χ3n) is 5.31. The number of rotatable bonds is 6. The van der Waals surface area contributed by atoms with Gasteiger partial charge >= 0.3 is 0 Å². The summed E-state index contributed by atoms with van der Waals surface area (Å²) in [4.78, 5) is 9.39. The Hall–Kier alpha value is -4.52. The zero-order valence-corrected chi connectivity index (χ0v) is 18.3. The van der Waals surface area contributed by atoms with E-state index >= 15 is 0 Å². The fourth-order valence-electron chi connectivity index (χ4n) is 3.72. The number of benzene rings is 2. The molecule has 0 bridgehead atoms. The molecule has 0 atom stereocenters. The molecule has 0 amide bonds. The number of hydrazone groups is 1. The minimum Gasteiger partial charge on any atom is -0.323 e. The molecule has 3 heterocycles. The molecule has 0 fully saturated rings. The maximum Gasteiger partial charge on any atom is 0.247 e. The summed E-state index contributed by atoms with van der Waals surface area (Å²) in [6.45, 7) is 4.68. The largest absolute Gasteiger partial charge is 0.323 e. The number of likely N-dealkylation sites (N-methyl/N-ethyl adjacent to an activating group) is 1. The molecule has 0 spiro atoms. The highest BCUT2D eigenvalue weighted by atomic mass is 15.4. The molecule has 1 aliphatic heterocycles. The second kappa shape index (κ2) is 8.92. The molecule has 1 N–H and O–H groups in total. The first-order valence-corrected chi connectivity index (χ1v) is 10.6. The van der Waals surface area contributed by atoms with Crippen molar-refractivity contribution >= 4 is 17.8 Å². The number of hydrogen-bond donors (Lipinski definition) is 1. The van der Waals surface area contributed by atoms with E-state index in [9.17, 15) is 0 Å². The molecule has 162 valence electrons. The van der Waals surface area contributed by atoms with Gasteiger partial charge in [0.25, 0.3) is 0 Å². The number of nitrogens with zero attached hydrogens (tertiary/aromatic N) is 6. The van der Waals surface area contributed by atoms with Gasteiger partial charge in [-0.1, -0.05) is 67.3 Å². The van der Waals surface area contributed by atoms with Gasteiger partial charge in [0.1, 0.15) is 5.69 Å². The second-order valence-corrected chi connectivity index (χ2v) is 7.64. The Morgan fingerprint density at radius 3 is 2.61 bits per heavy atom. The lowest BCUT2D eigenvalue weighted by Gasteiger charge is -2.09. The Balaban J connectivity index is 1.50. The number of allylic oxidation sites excluding steroid dienone is 3. The zero-order valence-electron chi connectivity index (χ0n) is 18.3. The minimum absolute atomic E-state index is 0.475. The van der Waals surface area contributed by atoms with E-state index < -0.39 is 0 Å². The number of fused-ring (bicyclic) bond motifs is 1. The molecule has 2 aromatic heterocycles. The summed E-state index contributed by atoms with van der Waals surface area (Å²) in [6.07, 6.45) is 11.1. The highest BCUT2D eigenvalue weighted by Crippen LogP contribution is 2.32. The predicted molar refractivity (Wildman–Crippen MR) is 133 cm³/mol. The van der Waals surface area contributed by atoms with Crippen molar-refractivity contribution < 1.29 is 0 Å². The molecule has 0 aliphatic carbocycles. The number of aromatic nitrogens is 4. The van der Waals surface area contributed by atoms with E-state index in [0.29, 0.717) is 11.6 Å². The van der Waals surface area contributed by atoms with Crippen LogP contribution in [0.5, 0.6) is 0 Å². The van der Waals surface area contributed by atoms with E-state index in [1.54, 1.807) is 23.0 Å². The van der Waals surface area contributed by atoms with Gasteiger partial charge in [0.15, 0.2) is 5.65 Å². The third-order valence-corrected chi connectivity index (χ3v) is 5.31. The molecule has 7 heteroatoms. The van der Waals surface area contributed by atoms with Crippen LogP contribution in [-0.4, -0.2) is 44.4 Å². The predicted octanol–water partition coefficient (Wildman–Crippen LogP) is 4.80. The number of anilines is 1. The van der Waals surface area contributed by atoms with Gasteiger partial charge in [0, 0.05) is 30.7 Å². The Labute approximate surface area is 192 Å². The molecule has 0 unspecified atom stereocenters. The van der Waals surface area contributed by atoms with Crippen LogP contribution in [-0.2, 0) is 0 Å². The Kier molecular flexibility index (Phi) is 5.51. The molecule has 0 saturated carbocycles. The molecule has 33 heavy (non-hydrogen) atoms. The van der Waals surface area contributed by atoms with Gasteiger partial charge in [-0.15, -0.1) is 5.10 Å². The van der Waals surface area contributed by atoms with Gasteiger partial charge in [0.05, 0.1) is 12.8 Å². The van der Waals surface area contributed by atoms with Crippen LogP contribution in [0, 0.1) is 0 Å². The lowest BCUT2D eigenvalue weighted by atomic mass is 9.98. The van der Waals surface area contributed by atoms with Gasteiger partial charge < -0.3 is 5.32 Å². The highest BCUT2D eigenvalue weighted by Gasteiger charge is 2.15. The average molecular weight is 434 g/mol. The maximum atomic E-state index is 4.74. The van der Waals surface area contributed by atoms with E-state index in [1.807, 2.05) is 60.8 Å². The normalized spacial score (nSPS) is 14.9. The Morgan fingerprint density at radius 2 is 1.85 bits per heavy atom. The van der Waals surface area contributed by atoms with Gasteiger partial charge in [-0.25, -0.2) is 4.52 Å². The van der Waals surface area contributed by atoms with Crippen LogP contribution in [0.3, 0.4) is 0 Å². The lowest BCUT2D eigenvalue weighted by Crippen LogP contribution is -2.06. The average Bonchev–Trinajstić information content (AvgIpc) is 3.47. The first-order chi connectivity index (χ1) is 16.2. The summed E-state index contributed by atoms with van der Waals surface area (Å²) < 4.78 is 1.74. The monoisotopic (exact) mass is 433 g/mol. The number of hydrogen-bond acceptors (Lipinski definition) is 6. The van der Waals surface area contributed by atoms with Gasteiger partial charge in [-0.05, 0) is 28.9 Å². The van der Waals surface area contributed by atoms with Gasteiger partial charge in [-0.2, -0.15) is 10.1 Å². The Morgan fingerprint density at radius 1 is 1.06 bits per heavy atom. The quantitative estimate of drug-likeness (QED) is 0.443. The number of nitrogens with one attached hydrogen (secondary N) is 1. The van der Waals surface area contributed by atoms with Crippen molar-refractivity contribution in [1.29, 1.82) is 0 Å². The molecule has 5 rings (SSSR count). The van der Waals surface area contributed by atoms with Crippen LogP contribution in [0.25, 0.3) is 28.0 Å². The van der Waals surface area contributed by atoms with Crippen LogP contribution in [0.4, 0.5) is 5.95 Å². The summed E-state index contributed by atoms with van der Waals surface area (Å²) in [7, 11) is 1.94. The highest BCUT2D eigenvalue weighted by molar-refractivity contribution is 5.87. The van der Waals surface area contributed by atoms with Gasteiger partial charge in [-0.3, -0.25) is 9.99 Å². The van der Waals surface area contributed by atoms with E-state index in [1.165, 1.54) is 0 Å². The first-order valence-electron chi connectivity index (χ1n) is 10.6. The van der Waals surface area contributed by atoms with Crippen molar-refractivity contribution in [3.05, 3.63) is 103 Å². The van der Waals surface area contributed by atoms with Crippen molar-refractivity contribution in [1.82, 2.24) is 24.6 Å². The molecular formula is C26H23N7. The van der Waals surface area contributed by atoms with Crippen LogP contribution >= 0.6 is 0 Å². The smallest absolute Gasteiger partial charge is 0.247 e. The second-order valence-electron chi connectivity index (χ2n) is 7.64. The Bertz CT molecular complexity index is 1400. The molecule has 4 aromatic rings. The van der Waals surface area contributed by atoms with Crippen molar-refractivity contribution in [2.24, 2.45) is 5.10 Å². The molecule has 1 aliphatic rings. The van der Waals surface area contributed by atoms with E-state index in [4.69, 9.17) is 4.98 Å². The van der Waals surface area contributed by atoms with Crippen molar-refractivity contribution in [3.63, 3.8) is 0 Å². The maximum absolute atomic E-state index is 4.74. The van der Waals surface area contributed by atoms with E-state index in [0.717, 1.165) is 40.2 Å². The summed E-state index contributed by atoms with van der Waals surface area (Å²) in [5, 5.41) is 14.0. The molecule has 7 nitrogen and oxygen atoms in total. The topological polar surface area (TPSA) is 70.7 Å². The van der Waals surface area contributed by atoms with Crippen LogP contribution in [0.2, 0.25) is 0 Å². The van der Waals surface area contributed by atoms with E-state index in [2.05, 4.69) is 51.3 Å². The summed E-state index contributed by atoms with van der Waals surface area (Å²) in [5.74, 6) is 0.475. The molecule has 2 aromatic carbocycles. The fraction of sp³-hybridized carbons (Fsp3) is 0.0769. The van der Waals surface area contributed by atoms with Crippen molar-refractivity contribution in [2.45, 2.75) is 0 Å². The summed E-state index contributed by atoms with van der Waals surface area (Å²) in [6, 6.07) is 18.5. The zero-order chi connectivity index (χ0) is 22.6. The van der Waals surface area contributed by atoms with Gasteiger partial charge in [0.2, 0.25) is 5.95 Å². The first kappa shape index (κ1) is 20.4. The standard InChI is InChI=1S/C26H23N7/c1-3-21(14-13-19-17-28-32(2)18-19)29-26-30-25-24(27-15-16-33(25)31-26)23-12-8-7-11-22(23)20-9-5-4-6-10-20/h3-17H,1,18H2,2H3,(H,29,31)/b19-13-,21-14+. The summed E-state index contributed by atoms with van der Waals surface area (Å²) in [5.41, 5.74) is 6.58. The molecule has 0 saturated heterocycles. The lowest BCUT2D eigenvalue weighted by molar-refractivity contribution is 0.410. The van der Waals surface area contributed by atoms with Crippen LogP contribution < -0.4 is 5.32 Å². The summed E-state index contributed by atoms with van der Waals surface area (Å²) >= 11 is 0. The molecular weight excluding hydrogens is 410 g/mol. The van der Waals surface area contributed by atoms with Crippen molar-refractivity contribution in [3.8, 4) is 22.4 Å². The third kappa shape index (κ3) is 4.29. The minimum atomic E-state index is 0.475. The SMILES string of the molecule is C=C/C(=C\C=C1\C=NN(C)C1)Nc1nc2c(-c3ccccc3-c3ccccc3)nccn2n1. The van der Waals surface area contributed by atoms with E-state index in [-0.39, 0.29) is 0 Å². The molecule has 0 radical (unpaired) electrons. The fourth-order valence-corrected chi connectivity index (χ4v) is 3.72. The van der Waals surface area contributed by atoms with Crippen LogP contribution in [0.15, 0.2) is 108 Å².